The topological polar surface area (TPSA) is 12.0 Å². The van der Waals surface area contributed by atoms with Crippen molar-refractivity contribution >= 4 is 18.5 Å². The molecule has 1 N–H and O–H groups in total. The van der Waals surface area contributed by atoms with E-state index in [1.54, 1.807) is 0 Å². The van der Waals surface area contributed by atoms with E-state index in [-0.39, 0.29) is 5.02 Å². The molecule has 0 aliphatic carbocycles. The summed E-state index contributed by atoms with van der Waals surface area (Å²) < 4.78 is 0. The molecule has 42 valence electrons. The Balaban J connectivity index is 2.40. The summed E-state index contributed by atoms with van der Waals surface area (Å²) in [5.41, 5.74) is 0. The van der Waals surface area contributed by atoms with Crippen molar-refractivity contribution in [2.45, 2.75) is 17.9 Å². The highest BCUT2D eigenvalue weighted by Crippen LogP contribution is 2.32. The molecule has 0 radical (unpaired) electrons. The van der Waals surface area contributed by atoms with Gasteiger partial charge >= 0.3 is 0 Å². The van der Waals surface area contributed by atoms with E-state index in [1.807, 2.05) is 0 Å². The van der Waals surface area contributed by atoms with Crippen LogP contribution < -0.4 is 5.32 Å². The molecule has 1 aliphatic rings. The zero-order valence-electron chi connectivity index (χ0n) is 4.28. The molecule has 0 saturated carbocycles. The van der Waals surface area contributed by atoms with E-state index in [1.165, 1.54) is 19.4 Å². The molecular formula is C4H11NP2. The predicted molar refractivity (Wildman–Crippen MR) is 39.4 cm³/mol. The van der Waals surface area contributed by atoms with Gasteiger partial charge in [0.2, 0.25) is 0 Å². The van der Waals surface area contributed by atoms with Crippen LogP contribution in [0.5, 0.6) is 0 Å². The van der Waals surface area contributed by atoms with Crippen LogP contribution in [0.4, 0.5) is 0 Å². The first kappa shape index (κ1) is 5.95. The standard InChI is InChI=1S/C4H11NP2/c6-4(7)2-1-3-5-4/h5H,1-3,6-7H2. The molecule has 0 bridgehead atoms. The highest BCUT2D eigenvalue weighted by molar-refractivity contribution is 7.39. The van der Waals surface area contributed by atoms with E-state index in [2.05, 4.69) is 23.8 Å². The first-order valence-corrected chi connectivity index (χ1v) is 3.69. The van der Waals surface area contributed by atoms with E-state index < -0.39 is 0 Å². The van der Waals surface area contributed by atoms with Gasteiger partial charge in [0.15, 0.2) is 0 Å². The maximum Gasteiger partial charge on any atom is 0.0462 e. The Morgan fingerprint density at radius 2 is 2.14 bits per heavy atom. The number of hydrogen-bond donors (Lipinski definition) is 1. The Morgan fingerprint density at radius 3 is 2.29 bits per heavy atom. The molecule has 2 unspecified atom stereocenters. The Bertz CT molecular complexity index is 64.1. The minimum absolute atomic E-state index is 0.278. The van der Waals surface area contributed by atoms with Crippen LogP contribution >= 0.6 is 18.5 Å². The van der Waals surface area contributed by atoms with Crippen molar-refractivity contribution < 1.29 is 0 Å². The zero-order valence-corrected chi connectivity index (χ0v) is 6.59. The van der Waals surface area contributed by atoms with E-state index in [0.717, 1.165) is 0 Å². The lowest BCUT2D eigenvalue weighted by atomic mass is 10.4. The highest BCUT2D eigenvalue weighted by Gasteiger charge is 2.21. The summed E-state index contributed by atoms with van der Waals surface area (Å²) in [5, 5.41) is 3.60. The van der Waals surface area contributed by atoms with E-state index >= 15 is 0 Å². The molecular weight excluding hydrogens is 124 g/mol. The van der Waals surface area contributed by atoms with Crippen LogP contribution in [0.1, 0.15) is 12.8 Å². The molecule has 0 aromatic heterocycles. The zero-order chi connectivity index (χ0) is 5.33. The van der Waals surface area contributed by atoms with Crippen molar-refractivity contribution in [3.8, 4) is 0 Å². The van der Waals surface area contributed by atoms with Crippen LogP contribution in [0.15, 0.2) is 0 Å². The van der Waals surface area contributed by atoms with Crippen LogP contribution in [0.3, 0.4) is 0 Å². The fourth-order valence-corrected chi connectivity index (χ4v) is 1.49. The quantitative estimate of drug-likeness (QED) is 0.484. The molecule has 1 nitrogen and oxygen atoms in total. The van der Waals surface area contributed by atoms with Crippen LogP contribution in [-0.4, -0.2) is 11.6 Å². The average Bonchev–Trinajstić information content (AvgIpc) is 1.84. The van der Waals surface area contributed by atoms with Gasteiger partial charge in [-0.25, -0.2) is 0 Å². The molecule has 1 heterocycles. The van der Waals surface area contributed by atoms with Crippen LogP contribution in [0.2, 0.25) is 0 Å². The van der Waals surface area contributed by atoms with Crippen molar-refractivity contribution in [2.75, 3.05) is 6.54 Å². The smallest absolute Gasteiger partial charge is 0.0462 e. The second kappa shape index (κ2) is 1.97. The SMILES string of the molecule is PC1(P)CCCN1. The van der Waals surface area contributed by atoms with Gasteiger partial charge in [-0.1, -0.05) is 0 Å². The van der Waals surface area contributed by atoms with Gasteiger partial charge in [0.25, 0.3) is 0 Å². The molecule has 3 heteroatoms. The van der Waals surface area contributed by atoms with Crippen LogP contribution in [0, 0.1) is 0 Å². The predicted octanol–water partition coefficient (Wildman–Crippen LogP) is 0.774. The summed E-state index contributed by atoms with van der Waals surface area (Å²) in [4.78, 5) is 0. The third kappa shape index (κ3) is 1.64. The fraction of sp³-hybridized carbons (Fsp3) is 1.00. The van der Waals surface area contributed by atoms with Gasteiger partial charge < -0.3 is 5.32 Å². The maximum atomic E-state index is 3.32. The van der Waals surface area contributed by atoms with Gasteiger partial charge in [0.05, 0.1) is 0 Å². The lowest BCUT2D eigenvalue weighted by Crippen LogP contribution is -2.24. The second-order valence-electron chi connectivity index (χ2n) is 2.07. The fourth-order valence-electron chi connectivity index (χ4n) is 0.790. The van der Waals surface area contributed by atoms with Crippen molar-refractivity contribution in [3.05, 3.63) is 0 Å². The molecule has 0 aromatic rings. The summed E-state index contributed by atoms with van der Waals surface area (Å²) >= 11 is 0. The first-order chi connectivity index (χ1) is 3.21. The Labute approximate surface area is 49.0 Å². The summed E-state index contributed by atoms with van der Waals surface area (Å²) in [5.74, 6) is 0. The van der Waals surface area contributed by atoms with Crippen molar-refractivity contribution in [2.24, 2.45) is 0 Å². The van der Waals surface area contributed by atoms with Gasteiger partial charge in [-0.2, -0.15) is 0 Å². The summed E-state index contributed by atoms with van der Waals surface area (Å²) in [6, 6.07) is 0. The molecule has 1 saturated heterocycles. The molecule has 1 aliphatic heterocycles. The van der Waals surface area contributed by atoms with Crippen molar-refractivity contribution in [1.29, 1.82) is 0 Å². The summed E-state index contributed by atoms with van der Waals surface area (Å²) in [6.45, 7) is 1.17. The van der Waals surface area contributed by atoms with E-state index in [9.17, 15) is 0 Å². The second-order valence-corrected chi connectivity index (χ2v) is 4.80. The van der Waals surface area contributed by atoms with Gasteiger partial charge in [-0.15, -0.1) is 18.5 Å². The van der Waals surface area contributed by atoms with Crippen LogP contribution in [0.25, 0.3) is 0 Å². The van der Waals surface area contributed by atoms with E-state index in [0.29, 0.717) is 0 Å². The third-order valence-electron chi connectivity index (χ3n) is 1.22. The maximum absolute atomic E-state index is 3.32. The van der Waals surface area contributed by atoms with Gasteiger partial charge in [-0.05, 0) is 19.4 Å². The minimum Gasteiger partial charge on any atom is -0.305 e. The number of nitrogens with one attached hydrogen (secondary N) is 1. The number of hydrogen-bond acceptors (Lipinski definition) is 1. The Kier molecular flexibility index (Phi) is 1.68. The number of rotatable bonds is 0. The van der Waals surface area contributed by atoms with Gasteiger partial charge in [0, 0.05) is 5.02 Å². The molecule has 0 aromatic carbocycles. The molecule has 0 amide bonds. The molecule has 2 atom stereocenters. The lowest BCUT2D eigenvalue weighted by molar-refractivity contribution is 0.751. The molecule has 0 spiro atoms. The van der Waals surface area contributed by atoms with Crippen molar-refractivity contribution in [1.82, 2.24) is 5.32 Å². The highest BCUT2D eigenvalue weighted by atomic mass is 31.1. The Morgan fingerprint density at radius 1 is 1.43 bits per heavy atom. The monoisotopic (exact) mass is 135 g/mol. The van der Waals surface area contributed by atoms with Gasteiger partial charge in [0.1, 0.15) is 0 Å². The van der Waals surface area contributed by atoms with Gasteiger partial charge in [-0.3, -0.25) is 0 Å². The lowest BCUT2D eigenvalue weighted by Gasteiger charge is -2.15. The summed E-state index contributed by atoms with van der Waals surface area (Å²) in [6.07, 6.45) is 2.58. The van der Waals surface area contributed by atoms with Crippen LogP contribution in [-0.2, 0) is 0 Å². The molecule has 1 fully saturated rings. The van der Waals surface area contributed by atoms with E-state index in [4.69, 9.17) is 0 Å². The molecule has 1 rings (SSSR count). The minimum atomic E-state index is 0.278. The summed E-state index contributed by atoms with van der Waals surface area (Å²) in [7, 11) is 5.56. The first-order valence-electron chi connectivity index (χ1n) is 2.53. The third-order valence-corrected chi connectivity index (χ3v) is 2.21. The largest absolute Gasteiger partial charge is 0.305 e. The molecule has 7 heavy (non-hydrogen) atoms. The average molecular weight is 135 g/mol. The van der Waals surface area contributed by atoms with Crippen molar-refractivity contribution in [3.63, 3.8) is 0 Å². The Hall–Kier alpha value is 0.820. The normalized spacial score (nSPS) is 28.3.